The summed E-state index contributed by atoms with van der Waals surface area (Å²) in [5.41, 5.74) is -0.247. The van der Waals surface area contributed by atoms with E-state index in [0.717, 1.165) is 4.90 Å². The summed E-state index contributed by atoms with van der Waals surface area (Å²) in [5, 5.41) is 12.5. The maximum Gasteiger partial charge on any atom is 0.433 e. The molecule has 1 aromatic heterocycles. The van der Waals surface area contributed by atoms with Crippen molar-refractivity contribution >= 4 is 29.8 Å². The lowest BCUT2D eigenvalue weighted by Crippen LogP contribution is -2.54. The maximum atomic E-state index is 12.1. The van der Waals surface area contributed by atoms with Crippen molar-refractivity contribution < 1.29 is 23.7 Å². The number of amides is 4. The van der Waals surface area contributed by atoms with Crippen molar-refractivity contribution in [3.8, 4) is 0 Å². The van der Waals surface area contributed by atoms with E-state index >= 15 is 0 Å². The van der Waals surface area contributed by atoms with Gasteiger partial charge in [-0.1, -0.05) is 12.2 Å². The zero-order valence-electron chi connectivity index (χ0n) is 11.7. The Kier molecular flexibility index (Phi) is 4.50. The molecule has 0 unspecified atom stereocenters. The maximum absolute atomic E-state index is 12.1. The van der Waals surface area contributed by atoms with Gasteiger partial charge in [0.1, 0.15) is 16.3 Å². The van der Waals surface area contributed by atoms with Crippen LogP contribution in [0.15, 0.2) is 46.9 Å². The second-order valence-electron chi connectivity index (χ2n) is 4.34. The van der Waals surface area contributed by atoms with E-state index in [1.165, 1.54) is 36.4 Å². The third-order valence-electron chi connectivity index (χ3n) is 2.81. The fourth-order valence-corrected chi connectivity index (χ4v) is 1.78. The molecule has 9 nitrogen and oxygen atoms in total. The monoisotopic (exact) mass is 317 g/mol. The minimum absolute atomic E-state index is 0.0383. The molecular formula is C14H11N3O6. The van der Waals surface area contributed by atoms with Crippen LogP contribution in [0.1, 0.15) is 5.76 Å². The number of furan rings is 1. The standard InChI is InChI=1S/C14H11N3O6/c1-2-8-16-13(19)10(12(18)15-14(16)20)5-3-4-9-6-7-11(23-9)17(21)22/h2-7H,1,8H2,(H,15,18,20)/b4-3+,10-5-. The van der Waals surface area contributed by atoms with E-state index < -0.39 is 28.7 Å². The zero-order valence-corrected chi connectivity index (χ0v) is 11.7. The number of imide groups is 2. The largest absolute Gasteiger partial charge is 0.433 e. The quantitative estimate of drug-likeness (QED) is 0.288. The molecular weight excluding hydrogens is 306 g/mol. The number of hydrogen-bond donors (Lipinski definition) is 1. The van der Waals surface area contributed by atoms with Crippen LogP contribution in [-0.4, -0.2) is 34.2 Å². The van der Waals surface area contributed by atoms with E-state index in [-0.39, 0.29) is 17.9 Å². The molecule has 0 radical (unpaired) electrons. The van der Waals surface area contributed by atoms with Crippen LogP contribution < -0.4 is 5.32 Å². The molecule has 1 N–H and O–H groups in total. The van der Waals surface area contributed by atoms with Crippen molar-refractivity contribution in [2.45, 2.75) is 0 Å². The molecule has 4 amide bonds. The molecule has 2 rings (SSSR count). The molecule has 9 heteroatoms. The van der Waals surface area contributed by atoms with Crippen molar-refractivity contribution in [3.05, 3.63) is 58.4 Å². The molecule has 0 saturated carbocycles. The summed E-state index contributed by atoms with van der Waals surface area (Å²) in [6.45, 7) is 3.39. The number of barbiturate groups is 1. The van der Waals surface area contributed by atoms with E-state index in [0.29, 0.717) is 0 Å². The second-order valence-corrected chi connectivity index (χ2v) is 4.34. The summed E-state index contributed by atoms with van der Waals surface area (Å²) < 4.78 is 4.89. The summed E-state index contributed by atoms with van der Waals surface area (Å²) >= 11 is 0. The van der Waals surface area contributed by atoms with Gasteiger partial charge in [0.2, 0.25) is 0 Å². The van der Waals surface area contributed by atoms with Gasteiger partial charge in [0.05, 0.1) is 6.07 Å². The summed E-state index contributed by atoms with van der Waals surface area (Å²) in [4.78, 5) is 45.9. The van der Waals surface area contributed by atoms with Crippen molar-refractivity contribution in [1.29, 1.82) is 0 Å². The van der Waals surface area contributed by atoms with Crippen LogP contribution in [0.25, 0.3) is 6.08 Å². The first-order valence-electron chi connectivity index (χ1n) is 6.34. The predicted octanol–water partition coefficient (Wildman–Crippen LogP) is 1.39. The Balaban J connectivity index is 2.19. The summed E-state index contributed by atoms with van der Waals surface area (Å²) in [5.74, 6) is -1.83. The SMILES string of the molecule is C=CCN1C(=O)NC(=O)/C(=C/C=C/c2ccc([N+](=O)[O-])o2)C1=O. The molecule has 23 heavy (non-hydrogen) atoms. The number of allylic oxidation sites excluding steroid dienone is 2. The number of carbonyl (C=O) groups is 3. The Morgan fingerprint density at radius 1 is 1.35 bits per heavy atom. The topological polar surface area (TPSA) is 123 Å². The third-order valence-corrected chi connectivity index (χ3v) is 2.81. The molecule has 1 saturated heterocycles. The molecule has 0 bridgehead atoms. The fourth-order valence-electron chi connectivity index (χ4n) is 1.78. The van der Waals surface area contributed by atoms with Crippen LogP contribution in [0.4, 0.5) is 10.7 Å². The van der Waals surface area contributed by atoms with Gasteiger partial charge in [-0.2, -0.15) is 0 Å². The average molecular weight is 317 g/mol. The summed E-state index contributed by atoms with van der Waals surface area (Å²) in [6, 6.07) is 1.72. The predicted molar refractivity (Wildman–Crippen MR) is 77.9 cm³/mol. The molecule has 0 aliphatic carbocycles. The Hall–Kier alpha value is -3.49. The minimum atomic E-state index is -0.824. The van der Waals surface area contributed by atoms with Crippen LogP contribution >= 0.6 is 0 Å². The van der Waals surface area contributed by atoms with Crippen LogP contribution in [-0.2, 0) is 9.59 Å². The van der Waals surface area contributed by atoms with Crippen LogP contribution in [0, 0.1) is 10.1 Å². The van der Waals surface area contributed by atoms with Gasteiger partial charge in [-0.25, -0.2) is 4.79 Å². The minimum Gasteiger partial charge on any atom is -0.401 e. The first-order chi connectivity index (χ1) is 10.9. The highest BCUT2D eigenvalue weighted by Crippen LogP contribution is 2.17. The highest BCUT2D eigenvalue weighted by Gasteiger charge is 2.34. The number of nitro groups is 1. The van der Waals surface area contributed by atoms with E-state index in [9.17, 15) is 24.5 Å². The highest BCUT2D eigenvalue weighted by atomic mass is 16.6. The lowest BCUT2D eigenvalue weighted by molar-refractivity contribution is -0.402. The van der Waals surface area contributed by atoms with Gasteiger partial charge in [0.25, 0.3) is 11.8 Å². The lowest BCUT2D eigenvalue weighted by Gasteiger charge is -2.24. The van der Waals surface area contributed by atoms with Gasteiger partial charge in [-0.3, -0.25) is 29.9 Å². The molecule has 1 aromatic rings. The van der Waals surface area contributed by atoms with Gasteiger partial charge in [0.15, 0.2) is 0 Å². The molecule has 2 heterocycles. The number of nitrogens with zero attached hydrogens (tertiary/aromatic N) is 2. The van der Waals surface area contributed by atoms with E-state index in [1.807, 2.05) is 5.32 Å². The number of urea groups is 1. The smallest absolute Gasteiger partial charge is 0.401 e. The van der Waals surface area contributed by atoms with Crippen LogP contribution in [0.3, 0.4) is 0 Å². The first-order valence-corrected chi connectivity index (χ1v) is 6.34. The van der Waals surface area contributed by atoms with Gasteiger partial charge in [-0.15, -0.1) is 6.58 Å². The molecule has 0 spiro atoms. The summed E-state index contributed by atoms with van der Waals surface area (Å²) in [7, 11) is 0. The Morgan fingerprint density at radius 2 is 2.09 bits per heavy atom. The van der Waals surface area contributed by atoms with Crippen molar-refractivity contribution in [2.75, 3.05) is 6.54 Å². The molecule has 118 valence electrons. The Bertz CT molecular complexity index is 758. The van der Waals surface area contributed by atoms with E-state index in [4.69, 9.17) is 4.42 Å². The van der Waals surface area contributed by atoms with E-state index in [2.05, 4.69) is 6.58 Å². The van der Waals surface area contributed by atoms with Crippen LogP contribution in [0.5, 0.6) is 0 Å². The van der Waals surface area contributed by atoms with Crippen molar-refractivity contribution in [2.24, 2.45) is 0 Å². The van der Waals surface area contributed by atoms with Gasteiger partial charge in [-0.05, 0) is 18.2 Å². The van der Waals surface area contributed by atoms with Gasteiger partial charge < -0.3 is 4.42 Å². The lowest BCUT2D eigenvalue weighted by atomic mass is 10.1. The summed E-state index contributed by atoms with van der Waals surface area (Å²) in [6.07, 6.45) is 5.20. The molecule has 1 aliphatic rings. The van der Waals surface area contributed by atoms with Crippen molar-refractivity contribution in [3.63, 3.8) is 0 Å². The first kappa shape index (κ1) is 15.9. The normalized spacial score (nSPS) is 17.0. The number of hydrogen-bond acceptors (Lipinski definition) is 6. The number of nitrogens with one attached hydrogen (secondary N) is 1. The second kappa shape index (κ2) is 6.52. The molecule has 1 fully saturated rings. The number of carbonyl (C=O) groups excluding carboxylic acids is 3. The zero-order chi connectivity index (χ0) is 17.0. The van der Waals surface area contributed by atoms with Crippen molar-refractivity contribution in [1.82, 2.24) is 10.2 Å². The molecule has 1 aliphatic heterocycles. The van der Waals surface area contributed by atoms with Gasteiger partial charge >= 0.3 is 11.9 Å². The Labute approximate surface area is 129 Å². The Morgan fingerprint density at radius 3 is 2.70 bits per heavy atom. The van der Waals surface area contributed by atoms with E-state index in [1.54, 1.807) is 0 Å². The third kappa shape index (κ3) is 3.40. The number of rotatable bonds is 5. The van der Waals surface area contributed by atoms with Gasteiger partial charge in [0, 0.05) is 6.54 Å². The molecule has 0 atom stereocenters. The average Bonchev–Trinajstić information content (AvgIpc) is 2.96. The van der Waals surface area contributed by atoms with Crippen LogP contribution in [0.2, 0.25) is 0 Å². The highest BCUT2D eigenvalue weighted by molar-refractivity contribution is 6.29. The molecule has 0 aromatic carbocycles. The fraction of sp³-hybridized carbons (Fsp3) is 0.0714.